The van der Waals surface area contributed by atoms with Gasteiger partial charge >= 0.3 is 10.1 Å². The first-order valence-electron chi connectivity index (χ1n) is 6.08. The summed E-state index contributed by atoms with van der Waals surface area (Å²) in [5, 5.41) is 30.7. The van der Waals surface area contributed by atoms with Gasteiger partial charge in [0.25, 0.3) is 11.4 Å². The molecular formula is C11H14N2O8S. The van der Waals surface area contributed by atoms with Crippen LogP contribution < -0.4 is 0 Å². The van der Waals surface area contributed by atoms with Crippen LogP contribution in [0.2, 0.25) is 0 Å². The van der Waals surface area contributed by atoms with Crippen LogP contribution >= 0.6 is 0 Å². The number of nitrogens with zero attached hydrogens (tertiary/aromatic N) is 2. The van der Waals surface area contributed by atoms with Gasteiger partial charge in [-0.1, -0.05) is 0 Å². The maximum Gasteiger partial charge on any atom is 0.304 e. The molecule has 0 aromatic heterocycles. The van der Waals surface area contributed by atoms with Gasteiger partial charge in [-0.05, 0) is 19.9 Å². The average Bonchev–Trinajstić information content (AvgIpc) is 2.35. The number of nitro groups is 2. The molecule has 0 aliphatic carbocycles. The number of hydrogen-bond acceptors (Lipinski definition) is 8. The van der Waals surface area contributed by atoms with Crippen LogP contribution in [0.15, 0.2) is 23.1 Å². The highest BCUT2D eigenvalue weighted by Gasteiger charge is 2.30. The van der Waals surface area contributed by atoms with Gasteiger partial charge in [0, 0.05) is 12.5 Å². The van der Waals surface area contributed by atoms with E-state index in [2.05, 4.69) is 0 Å². The molecular weight excluding hydrogens is 320 g/mol. The molecule has 0 aliphatic heterocycles. The first-order chi connectivity index (χ1) is 10.0. The van der Waals surface area contributed by atoms with Crippen molar-refractivity contribution >= 4 is 21.5 Å². The molecule has 0 bridgehead atoms. The molecule has 0 aliphatic rings. The van der Waals surface area contributed by atoms with E-state index in [1.54, 1.807) is 0 Å². The molecule has 22 heavy (non-hydrogen) atoms. The van der Waals surface area contributed by atoms with Crippen LogP contribution in [0.3, 0.4) is 0 Å². The summed E-state index contributed by atoms with van der Waals surface area (Å²) < 4.78 is 28.9. The Hall–Kier alpha value is -2.11. The van der Waals surface area contributed by atoms with E-state index in [-0.39, 0.29) is 6.42 Å². The first kappa shape index (κ1) is 17.9. The van der Waals surface area contributed by atoms with Crippen molar-refractivity contribution in [2.75, 3.05) is 0 Å². The largest absolute Gasteiger partial charge is 0.393 e. The van der Waals surface area contributed by atoms with Gasteiger partial charge in [0.05, 0.1) is 28.1 Å². The predicted octanol–water partition coefficient (Wildman–Crippen LogP) is 1.37. The number of rotatable bonds is 7. The molecule has 0 heterocycles. The molecule has 10 nitrogen and oxygen atoms in total. The standard InChI is InChI=1S/C11H14N2O8S/c1-7(14)5-8(2)21-22(19,20)11-4-3-9(12(15)16)6-10(11)13(17)18/h3-4,6-8,14H,5H2,1-2H3. The lowest BCUT2D eigenvalue weighted by Crippen LogP contribution is -2.20. The zero-order valence-electron chi connectivity index (χ0n) is 11.7. The molecule has 2 unspecified atom stereocenters. The summed E-state index contributed by atoms with van der Waals surface area (Å²) in [4.78, 5) is 18.8. The third kappa shape index (κ3) is 4.44. The second-order valence-corrected chi connectivity index (χ2v) is 6.15. The Labute approximate surface area is 125 Å². The Bertz CT molecular complexity index is 685. The minimum absolute atomic E-state index is 0.00000890. The summed E-state index contributed by atoms with van der Waals surface area (Å²) in [5.74, 6) is 0. The van der Waals surface area contributed by atoms with E-state index < -0.39 is 48.4 Å². The van der Waals surface area contributed by atoms with Gasteiger partial charge in [-0.3, -0.25) is 24.4 Å². The lowest BCUT2D eigenvalue weighted by Gasteiger charge is -2.14. The molecule has 2 atom stereocenters. The SMILES string of the molecule is CC(O)CC(C)OS(=O)(=O)c1ccc([N+](=O)[O-])cc1[N+](=O)[O-]. The third-order valence-electron chi connectivity index (χ3n) is 2.58. The maximum absolute atomic E-state index is 12.1. The second-order valence-electron chi connectivity index (χ2n) is 4.61. The van der Waals surface area contributed by atoms with Crippen molar-refractivity contribution in [1.82, 2.24) is 0 Å². The summed E-state index contributed by atoms with van der Waals surface area (Å²) in [6.07, 6.45) is -1.74. The summed E-state index contributed by atoms with van der Waals surface area (Å²) in [6.45, 7) is 2.81. The minimum atomic E-state index is -4.50. The fraction of sp³-hybridized carbons (Fsp3) is 0.455. The van der Waals surface area contributed by atoms with E-state index in [0.29, 0.717) is 6.07 Å². The number of hydrogen-bond donors (Lipinski definition) is 1. The summed E-state index contributed by atoms with van der Waals surface area (Å²) >= 11 is 0. The van der Waals surface area contributed by atoms with E-state index in [0.717, 1.165) is 12.1 Å². The van der Waals surface area contributed by atoms with Crippen LogP contribution in [0.4, 0.5) is 11.4 Å². The third-order valence-corrected chi connectivity index (χ3v) is 4.05. The van der Waals surface area contributed by atoms with E-state index in [9.17, 15) is 33.8 Å². The Kier molecular flexibility index (Phi) is 5.52. The zero-order chi connectivity index (χ0) is 17.1. The number of nitro benzene ring substituents is 2. The van der Waals surface area contributed by atoms with E-state index in [1.807, 2.05) is 0 Å². The Morgan fingerprint density at radius 3 is 2.27 bits per heavy atom. The van der Waals surface area contributed by atoms with Gasteiger partial charge in [-0.15, -0.1) is 0 Å². The lowest BCUT2D eigenvalue weighted by atomic mass is 10.2. The molecule has 122 valence electrons. The molecule has 1 aromatic carbocycles. The van der Waals surface area contributed by atoms with Gasteiger partial charge in [-0.25, -0.2) is 0 Å². The summed E-state index contributed by atoms with van der Waals surface area (Å²) in [6, 6.07) is 2.14. The Morgan fingerprint density at radius 2 is 1.82 bits per heavy atom. The highest BCUT2D eigenvalue weighted by Crippen LogP contribution is 2.30. The van der Waals surface area contributed by atoms with Crippen molar-refractivity contribution in [2.45, 2.75) is 37.4 Å². The molecule has 0 amide bonds. The molecule has 1 N–H and O–H groups in total. The van der Waals surface area contributed by atoms with Crippen molar-refractivity contribution in [3.05, 3.63) is 38.4 Å². The summed E-state index contributed by atoms with van der Waals surface area (Å²) in [7, 11) is -4.50. The smallest absolute Gasteiger partial charge is 0.304 e. The number of non-ortho nitro benzene ring substituents is 1. The van der Waals surface area contributed by atoms with E-state index in [1.165, 1.54) is 13.8 Å². The van der Waals surface area contributed by atoms with Gasteiger partial charge in [0.15, 0.2) is 4.90 Å². The van der Waals surface area contributed by atoms with E-state index >= 15 is 0 Å². The highest BCUT2D eigenvalue weighted by molar-refractivity contribution is 7.87. The van der Waals surface area contributed by atoms with Crippen molar-refractivity contribution in [2.24, 2.45) is 0 Å². The molecule has 11 heteroatoms. The van der Waals surface area contributed by atoms with Crippen LogP contribution in [-0.2, 0) is 14.3 Å². The molecule has 0 spiro atoms. The monoisotopic (exact) mass is 334 g/mol. The molecule has 0 saturated carbocycles. The quantitative estimate of drug-likeness (QED) is 0.446. The number of aliphatic hydroxyl groups is 1. The van der Waals surface area contributed by atoms with Gasteiger partial charge < -0.3 is 5.11 Å². The van der Waals surface area contributed by atoms with Crippen LogP contribution in [-0.4, -0.2) is 35.6 Å². The van der Waals surface area contributed by atoms with Crippen molar-refractivity contribution in [3.8, 4) is 0 Å². The fourth-order valence-electron chi connectivity index (χ4n) is 1.76. The van der Waals surface area contributed by atoms with Crippen LogP contribution in [0.1, 0.15) is 20.3 Å². The van der Waals surface area contributed by atoms with Gasteiger partial charge in [-0.2, -0.15) is 8.42 Å². The van der Waals surface area contributed by atoms with Gasteiger partial charge in [0.1, 0.15) is 0 Å². The maximum atomic E-state index is 12.1. The number of aliphatic hydroxyl groups excluding tert-OH is 1. The Balaban J connectivity index is 3.24. The second kappa shape index (κ2) is 6.77. The van der Waals surface area contributed by atoms with E-state index in [4.69, 9.17) is 4.18 Å². The average molecular weight is 334 g/mol. The Morgan fingerprint density at radius 1 is 1.23 bits per heavy atom. The minimum Gasteiger partial charge on any atom is -0.393 e. The molecule has 0 saturated heterocycles. The normalized spacial score (nSPS) is 14.3. The van der Waals surface area contributed by atoms with Crippen LogP contribution in [0.25, 0.3) is 0 Å². The number of benzene rings is 1. The highest BCUT2D eigenvalue weighted by atomic mass is 32.2. The van der Waals surface area contributed by atoms with Crippen LogP contribution in [0, 0.1) is 20.2 Å². The van der Waals surface area contributed by atoms with Crippen LogP contribution in [0.5, 0.6) is 0 Å². The zero-order valence-corrected chi connectivity index (χ0v) is 12.5. The molecule has 0 fully saturated rings. The molecule has 1 rings (SSSR count). The van der Waals surface area contributed by atoms with Crippen molar-refractivity contribution < 1.29 is 27.6 Å². The lowest BCUT2D eigenvalue weighted by molar-refractivity contribution is -0.396. The molecule has 1 aromatic rings. The van der Waals surface area contributed by atoms with Gasteiger partial charge in [0.2, 0.25) is 0 Å². The first-order valence-corrected chi connectivity index (χ1v) is 7.49. The van der Waals surface area contributed by atoms with Crippen molar-refractivity contribution in [3.63, 3.8) is 0 Å². The molecule has 0 radical (unpaired) electrons. The van der Waals surface area contributed by atoms with Crippen molar-refractivity contribution in [1.29, 1.82) is 0 Å². The fourth-order valence-corrected chi connectivity index (χ4v) is 3.00. The summed E-state index contributed by atoms with van der Waals surface area (Å²) in [5.41, 5.74) is -1.55. The predicted molar refractivity (Wildman–Crippen MR) is 73.8 cm³/mol. The topological polar surface area (TPSA) is 150 Å².